The van der Waals surface area contributed by atoms with Gasteiger partial charge < -0.3 is 5.11 Å². The van der Waals surface area contributed by atoms with Gasteiger partial charge in [0.2, 0.25) is 0 Å². The van der Waals surface area contributed by atoms with Crippen molar-refractivity contribution in [2.45, 2.75) is 18.9 Å². The minimum absolute atomic E-state index is 0.0841. The maximum atomic E-state index is 13.8. The lowest BCUT2D eigenvalue weighted by Gasteiger charge is -2.25. The van der Waals surface area contributed by atoms with Crippen LogP contribution in [0.15, 0.2) is 40.9 Å². The third kappa shape index (κ3) is 3.53. The van der Waals surface area contributed by atoms with Crippen LogP contribution in [0, 0.1) is 5.82 Å². The monoisotopic (exact) mass is 376 g/mol. The van der Waals surface area contributed by atoms with Crippen molar-refractivity contribution < 1.29 is 9.50 Å². The predicted molar refractivity (Wildman–Crippen MR) is 83.8 cm³/mol. The quantitative estimate of drug-likeness (QED) is 0.764. The van der Waals surface area contributed by atoms with Crippen LogP contribution in [-0.4, -0.2) is 5.11 Å². The zero-order valence-electron chi connectivity index (χ0n) is 10.6. The molecular weight excluding hydrogens is 366 g/mol. The molecule has 0 radical (unpaired) electrons. The Labute approximate surface area is 135 Å². The number of hydrogen-bond acceptors (Lipinski definition) is 1. The Bertz CT molecular complexity index is 644. The molecule has 1 nitrogen and oxygen atoms in total. The van der Waals surface area contributed by atoms with Gasteiger partial charge in [0.15, 0.2) is 0 Å². The highest BCUT2D eigenvalue weighted by Gasteiger charge is 2.27. The summed E-state index contributed by atoms with van der Waals surface area (Å²) < 4.78 is 14.6. The van der Waals surface area contributed by atoms with Crippen molar-refractivity contribution in [1.82, 2.24) is 0 Å². The van der Waals surface area contributed by atoms with Crippen LogP contribution in [0.2, 0.25) is 10.0 Å². The third-order valence-electron chi connectivity index (χ3n) is 3.05. The van der Waals surface area contributed by atoms with Crippen LogP contribution in [0.4, 0.5) is 4.39 Å². The van der Waals surface area contributed by atoms with E-state index < -0.39 is 11.4 Å². The van der Waals surface area contributed by atoms with Crippen LogP contribution in [-0.2, 0) is 12.0 Å². The molecule has 0 saturated carbocycles. The van der Waals surface area contributed by atoms with Gasteiger partial charge in [0.1, 0.15) is 5.82 Å². The van der Waals surface area contributed by atoms with Gasteiger partial charge in [0, 0.05) is 26.5 Å². The van der Waals surface area contributed by atoms with Crippen LogP contribution < -0.4 is 0 Å². The molecule has 0 spiro atoms. The lowest BCUT2D eigenvalue weighted by molar-refractivity contribution is 0.0568. The molecule has 0 fully saturated rings. The van der Waals surface area contributed by atoms with E-state index in [0.717, 1.165) is 4.47 Å². The molecule has 1 atom stereocenters. The van der Waals surface area contributed by atoms with Gasteiger partial charge in [-0.3, -0.25) is 0 Å². The predicted octanol–water partition coefficient (Wildman–Crippen LogP) is 5.35. The number of hydrogen-bond donors (Lipinski definition) is 1. The highest BCUT2D eigenvalue weighted by atomic mass is 79.9. The number of halogens is 4. The zero-order valence-corrected chi connectivity index (χ0v) is 13.7. The zero-order chi connectivity index (χ0) is 14.9. The average molecular weight is 378 g/mol. The molecule has 0 heterocycles. The van der Waals surface area contributed by atoms with Crippen molar-refractivity contribution in [1.29, 1.82) is 0 Å². The molecule has 1 N–H and O–H groups in total. The largest absolute Gasteiger partial charge is 0.385 e. The fraction of sp³-hybridized carbons (Fsp3) is 0.200. The summed E-state index contributed by atoms with van der Waals surface area (Å²) in [5.41, 5.74) is -0.397. The second kappa shape index (κ2) is 6.02. The van der Waals surface area contributed by atoms with E-state index in [9.17, 15) is 9.50 Å². The molecule has 1 unspecified atom stereocenters. The lowest BCUT2D eigenvalue weighted by atomic mass is 9.89. The fourth-order valence-corrected chi connectivity index (χ4v) is 3.14. The van der Waals surface area contributed by atoms with E-state index >= 15 is 0 Å². The van der Waals surface area contributed by atoms with E-state index in [2.05, 4.69) is 15.9 Å². The minimum Gasteiger partial charge on any atom is -0.385 e. The Morgan fingerprint density at radius 1 is 1.20 bits per heavy atom. The van der Waals surface area contributed by atoms with E-state index in [1.807, 2.05) is 0 Å². The summed E-state index contributed by atoms with van der Waals surface area (Å²) in [5, 5.41) is 11.5. The molecule has 0 amide bonds. The Balaban J connectivity index is 2.37. The number of aliphatic hydroxyl groups is 1. The highest BCUT2D eigenvalue weighted by molar-refractivity contribution is 9.10. The molecule has 2 aromatic carbocycles. The van der Waals surface area contributed by atoms with Gasteiger partial charge >= 0.3 is 0 Å². The molecule has 0 saturated heterocycles. The molecule has 0 aromatic heterocycles. The fourth-order valence-electron chi connectivity index (χ4n) is 2.07. The maximum Gasteiger partial charge on any atom is 0.126 e. The second-order valence-electron chi connectivity index (χ2n) is 4.81. The van der Waals surface area contributed by atoms with E-state index in [0.29, 0.717) is 21.2 Å². The molecule has 5 heteroatoms. The summed E-state index contributed by atoms with van der Waals surface area (Å²) in [6.45, 7) is 1.60. The minimum atomic E-state index is -1.29. The van der Waals surface area contributed by atoms with Crippen molar-refractivity contribution in [2.75, 3.05) is 0 Å². The van der Waals surface area contributed by atoms with Gasteiger partial charge in [-0.25, -0.2) is 4.39 Å². The Kier molecular flexibility index (Phi) is 4.75. The third-order valence-corrected chi connectivity index (χ3v) is 4.09. The first kappa shape index (κ1) is 15.8. The molecule has 0 aliphatic carbocycles. The van der Waals surface area contributed by atoms with E-state index in [-0.39, 0.29) is 6.42 Å². The Hall–Kier alpha value is -0.610. The van der Waals surface area contributed by atoms with Crippen LogP contribution >= 0.6 is 39.1 Å². The first-order valence-electron chi connectivity index (χ1n) is 5.91. The molecule has 0 aliphatic heterocycles. The maximum absolute atomic E-state index is 13.8. The van der Waals surface area contributed by atoms with Crippen molar-refractivity contribution in [2.24, 2.45) is 0 Å². The smallest absolute Gasteiger partial charge is 0.126 e. The summed E-state index contributed by atoms with van der Waals surface area (Å²) in [4.78, 5) is 0. The molecule has 0 aliphatic rings. The lowest BCUT2D eigenvalue weighted by Crippen LogP contribution is -2.25. The van der Waals surface area contributed by atoms with E-state index in [1.165, 1.54) is 18.2 Å². The first-order valence-corrected chi connectivity index (χ1v) is 7.46. The summed E-state index contributed by atoms with van der Waals surface area (Å²) in [5.74, 6) is -0.400. The van der Waals surface area contributed by atoms with Gasteiger partial charge in [0.05, 0.1) is 5.60 Å². The number of rotatable bonds is 3. The summed E-state index contributed by atoms with van der Waals surface area (Å²) in [6, 6.07) is 9.47. The summed E-state index contributed by atoms with van der Waals surface area (Å²) in [7, 11) is 0. The first-order chi connectivity index (χ1) is 9.29. The van der Waals surface area contributed by atoms with Crippen LogP contribution in [0.5, 0.6) is 0 Å². The highest BCUT2D eigenvalue weighted by Crippen LogP contribution is 2.33. The Morgan fingerprint density at radius 2 is 1.90 bits per heavy atom. The Morgan fingerprint density at radius 3 is 2.55 bits per heavy atom. The van der Waals surface area contributed by atoms with Gasteiger partial charge in [-0.2, -0.15) is 0 Å². The molecule has 0 bridgehead atoms. The van der Waals surface area contributed by atoms with Crippen molar-refractivity contribution in [3.8, 4) is 0 Å². The van der Waals surface area contributed by atoms with Crippen molar-refractivity contribution in [3.63, 3.8) is 0 Å². The molecule has 20 heavy (non-hydrogen) atoms. The van der Waals surface area contributed by atoms with E-state index in [1.54, 1.807) is 25.1 Å². The SMILES string of the molecule is CC(O)(Cc1cc(Cl)ccc1F)c1ccc(Br)cc1Cl. The molecule has 2 rings (SSSR count). The normalized spacial score (nSPS) is 14.1. The van der Waals surface area contributed by atoms with Crippen LogP contribution in [0.25, 0.3) is 0 Å². The van der Waals surface area contributed by atoms with Crippen molar-refractivity contribution in [3.05, 3.63) is 67.9 Å². The second-order valence-corrected chi connectivity index (χ2v) is 6.57. The molecule has 106 valence electrons. The molecular formula is C15H12BrCl2FO. The van der Waals surface area contributed by atoms with E-state index in [4.69, 9.17) is 23.2 Å². The van der Waals surface area contributed by atoms with Gasteiger partial charge in [0.25, 0.3) is 0 Å². The van der Waals surface area contributed by atoms with Gasteiger partial charge in [-0.05, 0) is 42.8 Å². The van der Waals surface area contributed by atoms with Crippen LogP contribution in [0.3, 0.4) is 0 Å². The number of benzene rings is 2. The topological polar surface area (TPSA) is 20.2 Å². The summed E-state index contributed by atoms with van der Waals surface area (Å²) in [6.07, 6.45) is 0.0841. The van der Waals surface area contributed by atoms with Crippen molar-refractivity contribution >= 4 is 39.1 Å². The standard InChI is InChI=1S/C15H12BrCl2FO/c1-15(20,12-4-2-10(16)7-13(12)18)8-9-6-11(17)3-5-14(9)19/h2-7,20H,8H2,1H3. The average Bonchev–Trinajstić information content (AvgIpc) is 2.33. The van der Waals surface area contributed by atoms with Crippen LogP contribution in [0.1, 0.15) is 18.1 Å². The molecule has 2 aromatic rings. The summed E-state index contributed by atoms with van der Waals surface area (Å²) >= 11 is 15.3. The van der Waals surface area contributed by atoms with Gasteiger partial charge in [-0.1, -0.05) is 45.2 Å². The van der Waals surface area contributed by atoms with Gasteiger partial charge in [-0.15, -0.1) is 0 Å².